The van der Waals surface area contributed by atoms with Gasteiger partial charge in [-0.3, -0.25) is 19.5 Å². The first-order valence-electron chi connectivity index (χ1n) is 8.23. The molecule has 4 aromatic rings. The van der Waals surface area contributed by atoms with E-state index in [0.717, 1.165) is 6.07 Å². The van der Waals surface area contributed by atoms with Crippen molar-refractivity contribution in [3.05, 3.63) is 98.5 Å². The Kier molecular flexibility index (Phi) is 4.29. The highest BCUT2D eigenvalue weighted by molar-refractivity contribution is 5.80. The fourth-order valence-electron chi connectivity index (χ4n) is 2.80. The van der Waals surface area contributed by atoms with Gasteiger partial charge in [-0.2, -0.15) is 0 Å². The number of hydrogen-bond acceptors (Lipinski definition) is 5. The Morgan fingerprint density at radius 1 is 1.07 bits per heavy atom. The lowest BCUT2D eigenvalue weighted by molar-refractivity contribution is -0.402. The molecular weight excluding hydrogens is 365 g/mol. The average Bonchev–Trinajstić information content (AvgIpc) is 3.17. The molecule has 7 nitrogen and oxygen atoms in total. The highest BCUT2D eigenvalue weighted by Crippen LogP contribution is 2.19. The molecule has 2 aromatic heterocycles. The lowest BCUT2D eigenvalue weighted by Gasteiger charge is -2.11. The van der Waals surface area contributed by atoms with Gasteiger partial charge < -0.3 is 4.42 Å². The van der Waals surface area contributed by atoms with Crippen molar-refractivity contribution in [2.45, 2.75) is 0 Å². The van der Waals surface area contributed by atoms with Crippen LogP contribution in [-0.2, 0) is 0 Å². The maximum atomic E-state index is 13.6. The number of benzene rings is 2. The molecule has 0 amide bonds. The van der Waals surface area contributed by atoms with Crippen LogP contribution in [0.4, 0.5) is 10.3 Å². The van der Waals surface area contributed by atoms with Crippen LogP contribution in [-0.4, -0.2) is 14.5 Å². The molecule has 0 atom stereocenters. The fraction of sp³-hybridized carbons (Fsp3) is 0. The Balaban J connectivity index is 1.90. The molecule has 4 rings (SSSR count). The van der Waals surface area contributed by atoms with Gasteiger partial charge in [0.2, 0.25) is 0 Å². The van der Waals surface area contributed by atoms with Gasteiger partial charge in [0, 0.05) is 0 Å². The first kappa shape index (κ1) is 17.3. The number of rotatable bonds is 4. The van der Waals surface area contributed by atoms with Gasteiger partial charge in [-0.25, -0.2) is 9.37 Å². The van der Waals surface area contributed by atoms with Gasteiger partial charge in [-0.05, 0) is 48.6 Å². The van der Waals surface area contributed by atoms with Gasteiger partial charge in [0.05, 0.1) is 22.7 Å². The number of fused-ring (bicyclic) bond motifs is 1. The van der Waals surface area contributed by atoms with E-state index in [-0.39, 0.29) is 22.9 Å². The molecule has 8 heteroatoms. The van der Waals surface area contributed by atoms with Crippen molar-refractivity contribution in [1.82, 2.24) is 9.55 Å². The zero-order valence-electron chi connectivity index (χ0n) is 14.3. The highest BCUT2D eigenvalue weighted by atomic mass is 19.1. The molecule has 138 valence electrons. The zero-order valence-corrected chi connectivity index (χ0v) is 14.3. The van der Waals surface area contributed by atoms with Crippen molar-refractivity contribution in [1.29, 1.82) is 0 Å². The number of nitro groups is 1. The van der Waals surface area contributed by atoms with Gasteiger partial charge >= 0.3 is 5.88 Å². The van der Waals surface area contributed by atoms with Crippen LogP contribution < -0.4 is 5.56 Å². The largest absolute Gasteiger partial charge is 0.433 e. The molecule has 0 saturated heterocycles. The molecule has 0 spiro atoms. The molecule has 0 N–H and O–H groups in total. The predicted molar refractivity (Wildman–Crippen MR) is 102 cm³/mol. The average molecular weight is 377 g/mol. The molecule has 0 saturated carbocycles. The van der Waals surface area contributed by atoms with Crippen LogP contribution in [0.3, 0.4) is 0 Å². The second-order valence-corrected chi connectivity index (χ2v) is 5.87. The summed E-state index contributed by atoms with van der Waals surface area (Å²) in [6.07, 6.45) is 2.99. The molecule has 0 fully saturated rings. The number of nitrogens with zero attached hydrogens (tertiary/aromatic N) is 3. The third kappa shape index (κ3) is 3.18. The van der Waals surface area contributed by atoms with E-state index in [0.29, 0.717) is 11.2 Å². The van der Waals surface area contributed by atoms with Crippen molar-refractivity contribution in [3.8, 4) is 5.69 Å². The van der Waals surface area contributed by atoms with E-state index >= 15 is 0 Å². The summed E-state index contributed by atoms with van der Waals surface area (Å²) in [6.45, 7) is 0. The number of aromatic nitrogens is 2. The molecule has 0 radical (unpaired) electrons. The number of hydrogen-bond donors (Lipinski definition) is 0. The number of furan rings is 1. The van der Waals surface area contributed by atoms with E-state index < -0.39 is 16.3 Å². The van der Waals surface area contributed by atoms with Crippen molar-refractivity contribution in [2.75, 3.05) is 0 Å². The number of para-hydroxylation sites is 1. The maximum absolute atomic E-state index is 13.6. The van der Waals surface area contributed by atoms with E-state index in [1.807, 2.05) is 0 Å². The van der Waals surface area contributed by atoms with Gasteiger partial charge in [-0.15, -0.1) is 0 Å². The Bertz CT molecular complexity index is 1280. The standard InChI is InChI=1S/C20H12FN3O4/c21-13-6-9-17-16(12-13)20(25)23(14-4-2-1-3-5-14)18(22-17)10-7-15-8-11-19(28-15)24(26)27/h1-12H. The topological polar surface area (TPSA) is 91.2 Å². The quantitative estimate of drug-likeness (QED) is 0.393. The van der Waals surface area contributed by atoms with Gasteiger partial charge in [0.25, 0.3) is 5.56 Å². The minimum Gasteiger partial charge on any atom is -0.401 e. The SMILES string of the molecule is O=c1c2cc(F)ccc2nc(C=Cc2ccc([N+](=O)[O-])o2)n1-c1ccccc1. The Morgan fingerprint density at radius 3 is 2.57 bits per heavy atom. The van der Waals surface area contributed by atoms with Crippen LogP contribution >= 0.6 is 0 Å². The molecule has 2 aromatic carbocycles. The highest BCUT2D eigenvalue weighted by Gasteiger charge is 2.13. The van der Waals surface area contributed by atoms with E-state index in [4.69, 9.17) is 4.42 Å². The molecule has 0 unspecified atom stereocenters. The van der Waals surface area contributed by atoms with E-state index in [2.05, 4.69) is 4.98 Å². The minimum atomic E-state index is -0.639. The molecule has 28 heavy (non-hydrogen) atoms. The van der Waals surface area contributed by atoms with Crippen LogP contribution in [0.5, 0.6) is 0 Å². The first-order chi connectivity index (χ1) is 13.5. The van der Waals surface area contributed by atoms with E-state index in [9.17, 15) is 19.3 Å². The fourth-order valence-corrected chi connectivity index (χ4v) is 2.80. The Morgan fingerprint density at radius 2 is 1.86 bits per heavy atom. The monoisotopic (exact) mass is 377 g/mol. The lowest BCUT2D eigenvalue weighted by atomic mass is 10.2. The number of halogens is 1. The van der Waals surface area contributed by atoms with Crippen molar-refractivity contribution < 1.29 is 13.7 Å². The smallest absolute Gasteiger partial charge is 0.401 e. The van der Waals surface area contributed by atoms with Crippen LogP contribution in [0.1, 0.15) is 11.6 Å². The summed E-state index contributed by atoms with van der Waals surface area (Å²) in [5, 5.41) is 10.9. The lowest BCUT2D eigenvalue weighted by Crippen LogP contribution is -2.22. The summed E-state index contributed by atoms with van der Waals surface area (Å²) >= 11 is 0. The maximum Gasteiger partial charge on any atom is 0.433 e. The normalized spacial score (nSPS) is 11.3. The predicted octanol–water partition coefficient (Wildman–Crippen LogP) is 4.20. The van der Waals surface area contributed by atoms with Gasteiger partial charge in [-0.1, -0.05) is 18.2 Å². The molecule has 0 bridgehead atoms. The van der Waals surface area contributed by atoms with Crippen LogP contribution in [0, 0.1) is 15.9 Å². The Hall–Kier alpha value is -4.07. The Labute approximate surface area is 157 Å². The summed E-state index contributed by atoms with van der Waals surface area (Å²) in [5.74, 6) is -0.409. The summed E-state index contributed by atoms with van der Waals surface area (Å²) in [5.41, 5.74) is 0.459. The molecule has 0 aliphatic heterocycles. The van der Waals surface area contributed by atoms with Gasteiger partial charge in [0.1, 0.15) is 22.3 Å². The molecular formula is C20H12FN3O4. The van der Waals surface area contributed by atoms with Crippen LogP contribution in [0.25, 0.3) is 28.7 Å². The molecule has 0 aliphatic rings. The van der Waals surface area contributed by atoms with Gasteiger partial charge in [0.15, 0.2) is 0 Å². The van der Waals surface area contributed by atoms with Crippen molar-refractivity contribution in [3.63, 3.8) is 0 Å². The zero-order chi connectivity index (χ0) is 19.7. The first-order valence-corrected chi connectivity index (χ1v) is 8.23. The van der Waals surface area contributed by atoms with Crippen molar-refractivity contribution in [2.24, 2.45) is 0 Å². The van der Waals surface area contributed by atoms with Crippen LogP contribution in [0.15, 0.2) is 69.9 Å². The van der Waals surface area contributed by atoms with Crippen LogP contribution in [0.2, 0.25) is 0 Å². The molecule has 0 aliphatic carbocycles. The third-order valence-electron chi connectivity index (χ3n) is 4.06. The van der Waals surface area contributed by atoms with E-state index in [1.54, 1.807) is 30.3 Å². The second-order valence-electron chi connectivity index (χ2n) is 5.87. The summed E-state index contributed by atoms with van der Waals surface area (Å²) < 4.78 is 20.1. The summed E-state index contributed by atoms with van der Waals surface area (Å²) in [6, 6.07) is 15.3. The summed E-state index contributed by atoms with van der Waals surface area (Å²) in [4.78, 5) is 27.6. The minimum absolute atomic E-state index is 0.148. The van der Waals surface area contributed by atoms with E-state index in [1.165, 1.54) is 41.0 Å². The van der Waals surface area contributed by atoms with Crippen molar-refractivity contribution >= 4 is 28.9 Å². The second kappa shape index (κ2) is 6.92. The summed E-state index contributed by atoms with van der Waals surface area (Å²) in [7, 11) is 0. The molecule has 2 heterocycles. The third-order valence-corrected chi connectivity index (χ3v) is 4.06.